The number of aliphatic hydroxyl groups excluding tert-OH is 1. The number of aliphatic hydroxyl groups is 1. The molecule has 0 atom stereocenters. The van der Waals surface area contributed by atoms with Gasteiger partial charge in [-0.2, -0.15) is 0 Å². The van der Waals surface area contributed by atoms with Crippen molar-refractivity contribution in [1.82, 2.24) is 0 Å². The van der Waals surface area contributed by atoms with Gasteiger partial charge in [0.05, 0.1) is 0 Å². The van der Waals surface area contributed by atoms with Gasteiger partial charge >= 0.3 is 5.97 Å². The molecule has 0 aliphatic rings. The summed E-state index contributed by atoms with van der Waals surface area (Å²) >= 11 is 0. The molecule has 116 valence electrons. The summed E-state index contributed by atoms with van der Waals surface area (Å²) in [6.45, 7) is 9.14. The van der Waals surface area contributed by atoms with Crippen molar-refractivity contribution in [3.8, 4) is 0 Å². The number of carbonyl (C=O) groups is 1. The zero-order valence-corrected chi connectivity index (χ0v) is 13.3. The van der Waals surface area contributed by atoms with Crippen LogP contribution in [-0.4, -0.2) is 22.8 Å². The summed E-state index contributed by atoms with van der Waals surface area (Å²) in [7, 11) is 0. The lowest BCUT2D eigenvalue weighted by Crippen LogP contribution is -1.94. The first kappa shape index (κ1) is 20.7. The molecular formula is C16H34O3. The minimum atomic E-state index is -0.677. The van der Waals surface area contributed by atoms with Crippen molar-refractivity contribution in [2.24, 2.45) is 11.8 Å². The highest BCUT2D eigenvalue weighted by Gasteiger charge is 1.97. The zero-order valence-electron chi connectivity index (χ0n) is 13.3. The monoisotopic (exact) mass is 274 g/mol. The molecule has 0 saturated carbocycles. The molecular weight excluding hydrogens is 240 g/mol. The van der Waals surface area contributed by atoms with Crippen molar-refractivity contribution in [1.29, 1.82) is 0 Å². The Bertz CT molecular complexity index is 188. The van der Waals surface area contributed by atoms with E-state index in [1.54, 1.807) is 0 Å². The second kappa shape index (κ2) is 15.5. The number of rotatable bonds is 10. The van der Waals surface area contributed by atoms with Crippen LogP contribution in [0.15, 0.2) is 0 Å². The van der Waals surface area contributed by atoms with Crippen LogP contribution in [-0.2, 0) is 4.79 Å². The maximum Gasteiger partial charge on any atom is 0.303 e. The fourth-order valence-electron chi connectivity index (χ4n) is 1.67. The average Bonchev–Trinajstić information content (AvgIpc) is 2.30. The molecule has 3 heteroatoms. The van der Waals surface area contributed by atoms with Gasteiger partial charge in [-0.1, -0.05) is 59.8 Å². The van der Waals surface area contributed by atoms with Gasteiger partial charge in [0.2, 0.25) is 0 Å². The Hall–Kier alpha value is -0.570. The number of carboxylic acid groups (broad SMARTS) is 1. The molecule has 0 spiro atoms. The Morgan fingerprint density at radius 3 is 1.68 bits per heavy atom. The van der Waals surface area contributed by atoms with Crippen molar-refractivity contribution in [3.05, 3.63) is 0 Å². The summed E-state index contributed by atoms with van der Waals surface area (Å²) < 4.78 is 0. The Labute approximate surface area is 119 Å². The molecule has 0 radical (unpaired) electrons. The summed E-state index contributed by atoms with van der Waals surface area (Å²) in [4.78, 5) is 10.0. The van der Waals surface area contributed by atoms with E-state index in [0.29, 0.717) is 18.9 Å². The van der Waals surface area contributed by atoms with Gasteiger partial charge in [-0.05, 0) is 24.7 Å². The standard InChI is InChI=1S/C8H16O2.C8H18O/c1-7(2)5-3-4-6-8(9)10;1-8(2)6-4-3-5-7-9/h7H,3-6H2,1-2H3,(H,9,10);8-9H,3-7H2,1-2H3. The number of aliphatic carboxylic acids is 1. The van der Waals surface area contributed by atoms with E-state index in [2.05, 4.69) is 27.7 Å². The van der Waals surface area contributed by atoms with Crippen LogP contribution in [0.3, 0.4) is 0 Å². The molecule has 0 aliphatic carbocycles. The Morgan fingerprint density at radius 1 is 0.842 bits per heavy atom. The van der Waals surface area contributed by atoms with Crippen LogP contribution in [0.4, 0.5) is 0 Å². The lowest BCUT2D eigenvalue weighted by Gasteiger charge is -2.01. The van der Waals surface area contributed by atoms with E-state index in [1.807, 2.05) is 0 Å². The van der Waals surface area contributed by atoms with Crippen LogP contribution in [0.2, 0.25) is 0 Å². The van der Waals surface area contributed by atoms with Crippen LogP contribution in [0.5, 0.6) is 0 Å². The molecule has 2 N–H and O–H groups in total. The first-order valence-electron chi connectivity index (χ1n) is 7.72. The second-order valence-electron chi connectivity index (χ2n) is 6.00. The van der Waals surface area contributed by atoms with Gasteiger partial charge in [0, 0.05) is 13.0 Å². The largest absolute Gasteiger partial charge is 0.481 e. The van der Waals surface area contributed by atoms with E-state index in [0.717, 1.165) is 31.6 Å². The minimum absolute atomic E-state index is 0.326. The summed E-state index contributed by atoms with van der Waals surface area (Å²) in [5, 5.41) is 16.7. The van der Waals surface area contributed by atoms with Crippen molar-refractivity contribution in [2.45, 2.75) is 79.1 Å². The molecule has 0 aromatic heterocycles. The molecule has 0 unspecified atom stereocenters. The number of hydrogen-bond donors (Lipinski definition) is 2. The van der Waals surface area contributed by atoms with Crippen molar-refractivity contribution >= 4 is 5.97 Å². The second-order valence-corrected chi connectivity index (χ2v) is 6.00. The highest BCUT2D eigenvalue weighted by Crippen LogP contribution is 2.07. The quantitative estimate of drug-likeness (QED) is 0.577. The molecule has 0 aliphatic heterocycles. The predicted molar refractivity (Wildman–Crippen MR) is 81.3 cm³/mol. The van der Waals surface area contributed by atoms with Gasteiger partial charge in [-0.15, -0.1) is 0 Å². The summed E-state index contributed by atoms with van der Waals surface area (Å²) in [5.74, 6) is 0.848. The van der Waals surface area contributed by atoms with E-state index in [1.165, 1.54) is 19.3 Å². The van der Waals surface area contributed by atoms with E-state index in [4.69, 9.17) is 10.2 Å². The summed E-state index contributed by atoms with van der Waals surface area (Å²) in [6, 6.07) is 0. The first-order chi connectivity index (χ1) is 8.90. The highest BCUT2D eigenvalue weighted by atomic mass is 16.4. The van der Waals surface area contributed by atoms with Crippen LogP contribution in [0.1, 0.15) is 79.1 Å². The number of unbranched alkanes of at least 4 members (excludes halogenated alkanes) is 3. The number of carboxylic acids is 1. The molecule has 0 aromatic carbocycles. The van der Waals surface area contributed by atoms with Gasteiger partial charge in [0.1, 0.15) is 0 Å². The van der Waals surface area contributed by atoms with Crippen molar-refractivity contribution < 1.29 is 15.0 Å². The van der Waals surface area contributed by atoms with Gasteiger partial charge < -0.3 is 10.2 Å². The molecule has 19 heavy (non-hydrogen) atoms. The van der Waals surface area contributed by atoms with Crippen LogP contribution >= 0.6 is 0 Å². The third-order valence-electron chi connectivity index (χ3n) is 2.86. The van der Waals surface area contributed by atoms with Crippen molar-refractivity contribution in [3.63, 3.8) is 0 Å². The van der Waals surface area contributed by atoms with Crippen LogP contribution in [0, 0.1) is 11.8 Å². The molecule has 0 amide bonds. The molecule has 0 fully saturated rings. The molecule has 0 aromatic rings. The molecule has 3 nitrogen and oxygen atoms in total. The molecule has 0 bridgehead atoms. The van der Waals surface area contributed by atoms with Gasteiger partial charge in [-0.25, -0.2) is 0 Å². The normalized spacial score (nSPS) is 10.5. The lowest BCUT2D eigenvalue weighted by molar-refractivity contribution is -0.137. The Kier molecular flexibility index (Phi) is 16.9. The minimum Gasteiger partial charge on any atom is -0.481 e. The Balaban J connectivity index is 0. The SMILES string of the molecule is CC(C)CCCCC(=O)O.CC(C)CCCCCO. The maximum absolute atomic E-state index is 10.0. The van der Waals surface area contributed by atoms with E-state index in [9.17, 15) is 4.79 Å². The maximum atomic E-state index is 10.0. The summed E-state index contributed by atoms with van der Waals surface area (Å²) in [6.07, 6.45) is 8.09. The third-order valence-corrected chi connectivity index (χ3v) is 2.86. The predicted octanol–water partition coefficient (Wildman–Crippen LogP) is 4.48. The third kappa shape index (κ3) is 26.9. The van der Waals surface area contributed by atoms with E-state index < -0.39 is 5.97 Å². The van der Waals surface area contributed by atoms with E-state index in [-0.39, 0.29) is 0 Å². The Morgan fingerprint density at radius 2 is 1.32 bits per heavy atom. The molecule has 0 saturated heterocycles. The highest BCUT2D eigenvalue weighted by molar-refractivity contribution is 5.66. The fraction of sp³-hybridized carbons (Fsp3) is 0.938. The zero-order chi connectivity index (χ0) is 15.1. The van der Waals surface area contributed by atoms with Gasteiger partial charge in [0.25, 0.3) is 0 Å². The smallest absolute Gasteiger partial charge is 0.303 e. The fourth-order valence-corrected chi connectivity index (χ4v) is 1.67. The summed E-state index contributed by atoms with van der Waals surface area (Å²) in [5.41, 5.74) is 0. The van der Waals surface area contributed by atoms with Crippen LogP contribution in [0.25, 0.3) is 0 Å². The topological polar surface area (TPSA) is 57.5 Å². The van der Waals surface area contributed by atoms with Gasteiger partial charge in [0.15, 0.2) is 0 Å². The first-order valence-corrected chi connectivity index (χ1v) is 7.72. The number of hydrogen-bond acceptors (Lipinski definition) is 2. The average molecular weight is 274 g/mol. The van der Waals surface area contributed by atoms with Crippen molar-refractivity contribution in [2.75, 3.05) is 6.61 Å². The lowest BCUT2D eigenvalue weighted by atomic mass is 10.1. The van der Waals surface area contributed by atoms with E-state index >= 15 is 0 Å². The van der Waals surface area contributed by atoms with Gasteiger partial charge in [-0.3, -0.25) is 4.79 Å². The molecule has 0 heterocycles. The molecule has 0 rings (SSSR count). The van der Waals surface area contributed by atoms with Crippen LogP contribution < -0.4 is 0 Å².